The van der Waals surface area contributed by atoms with Gasteiger partial charge in [-0.05, 0) is 38.7 Å². The van der Waals surface area contributed by atoms with Crippen molar-refractivity contribution in [2.75, 3.05) is 19.6 Å². The van der Waals surface area contributed by atoms with Crippen molar-refractivity contribution >= 4 is 29.5 Å². The Bertz CT molecular complexity index is 669. The lowest BCUT2D eigenvalue weighted by molar-refractivity contribution is -0.130. The van der Waals surface area contributed by atoms with E-state index in [1.54, 1.807) is 10.8 Å². The molecule has 1 aliphatic heterocycles. The number of nitrogens with one attached hydrogen (secondary N) is 1. The van der Waals surface area contributed by atoms with Crippen LogP contribution in [0.4, 0.5) is 0 Å². The van der Waals surface area contributed by atoms with Gasteiger partial charge in [-0.2, -0.15) is 5.10 Å². The number of hydrogen-bond donors (Lipinski definition) is 1. The van der Waals surface area contributed by atoms with Gasteiger partial charge in [-0.3, -0.25) is 14.3 Å². The third kappa shape index (κ3) is 6.69. The number of carbonyl (C=O) groups is 2. The number of rotatable bonds is 9. The number of aryl methyl sites for hydroxylation is 2. The standard InChI is InChI=1S/C20H31ClN4O2/c1-3-4-15-25-20(21)17(16(2)23-25)10-11-18(26)22-12-8-14-24-13-7-5-6-9-19(24)27/h10-11H,3-9,12-15H2,1-2H3,(H,22,26)/b11-10+. The van der Waals surface area contributed by atoms with Crippen LogP contribution in [0.2, 0.25) is 5.15 Å². The summed E-state index contributed by atoms with van der Waals surface area (Å²) < 4.78 is 1.79. The first kappa shape index (κ1) is 21.5. The van der Waals surface area contributed by atoms with Gasteiger partial charge in [0.15, 0.2) is 0 Å². The second-order valence-electron chi connectivity index (χ2n) is 7.04. The van der Waals surface area contributed by atoms with Gasteiger partial charge in [-0.15, -0.1) is 0 Å². The molecule has 1 aliphatic rings. The number of nitrogens with zero attached hydrogens (tertiary/aromatic N) is 3. The zero-order valence-electron chi connectivity index (χ0n) is 16.5. The van der Waals surface area contributed by atoms with Crippen LogP contribution in [0.1, 0.15) is 63.1 Å². The molecule has 0 bridgehead atoms. The minimum Gasteiger partial charge on any atom is -0.352 e. The Hall–Kier alpha value is -1.82. The maximum atomic E-state index is 12.0. The number of likely N-dealkylation sites (tertiary alicyclic amines) is 1. The number of unbranched alkanes of at least 4 members (excludes halogenated alkanes) is 1. The molecule has 0 saturated carbocycles. The molecule has 0 aromatic carbocycles. The van der Waals surface area contributed by atoms with Gasteiger partial charge >= 0.3 is 0 Å². The molecule has 2 rings (SSSR count). The molecule has 7 heteroatoms. The lowest BCUT2D eigenvalue weighted by Gasteiger charge is -2.20. The van der Waals surface area contributed by atoms with Crippen LogP contribution in [0.25, 0.3) is 6.08 Å². The molecule has 0 spiro atoms. The molecule has 6 nitrogen and oxygen atoms in total. The molecule has 0 atom stereocenters. The molecule has 2 amide bonds. The van der Waals surface area contributed by atoms with Gasteiger partial charge in [0.2, 0.25) is 11.8 Å². The summed E-state index contributed by atoms with van der Waals surface area (Å²) in [6.45, 7) is 6.90. The van der Waals surface area contributed by atoms with Crippen molar-refractivity contribution < 1.29 is 9.59 Å². The van der Waals surface area contributed by atoms with Crippen LogP contribution in [0.5, 0.6) is 0 Å². The minimum atomic E-state index is -0.158. The Balaban J connectivity index is 1.77. The van der Waals surface area contributed by atoms with Gasteiger partial charge in [0, 0.05) is 44.2 Å². The van der Waals surface area contributed by atoms with E-state index in [0.29, 0.717) is 24.7 Å². The van der Waals surface area contributed by atoms with E-state index in [1.165, 1.54) is 6.08 Å². The van der Waals surface area contributed by atoms with Crippen molar-refractivity contribution in [3.05, 3.63) is 22.5 Å². The lowest BCUT2D eigenvalue weighted by Crippen LogP contribution is -2.33. The highest BCUT2D eigenvalue weighted by molar-refractivity contribution is 6.31. The Morgan fingerprint density at radius 3 is 2.85 bits per heavy atom. The third-order valence-electron chi connectivity index (χ3n) is 4.81. The van der Waals surface area contributed by atoms with E-state index in [1.807, 2.05) is 11.8 Å². The van der Waals surface area contributed by atoms with E-state index < -0.39 is 0 Å². The van der Waals surface area contributed by atoms with Gasteiger partial charge < -0.3 is 10.2 Å². The normalized spacial score (nSPS) is 15.4. The van der Waals surface area contributed by atoms with Gasteiger partial charge in [-0.1, -0.05) is 31.4 Å². The van der Waals surface area contributed by atoms with Crippen LogP contribution in [0.3, 0.4) is 0 Å². The summed E-state index contributed by atoms with van der Waals surface area (Å²) in [6, 6.07) is 0. The zero-order chi connectivity index (χ0) is 19.6. The molecular formula is C20H31ClN4O2. The zero-order valence-corrected chi connectivity index (χ0v) is 17.2. The quantitative estimate of drug-likeness (QED) is 0.514. The minimum absolute atomic E-state index is 0.158. The Kier molecular flexibility index (Phi) is 8.85. The molecular weight excluding hydrogens is 364 g/mol. The monoisotopic (exact) mass is 394 g/mol. The molecule has 150 valence electrons. The Morgan fingerprint density at radius 2 is 2.07 bits per heavy atom. The summed E-state index contributed by atoms with van der Waals surface area (Å²) in [5, 5.41) is 7.87. The van der Waals surface area contributed by atoms with Crippen LogP contribution in [0.15, 0.2) is 6.08 Å². The predicted octanol–water partition coefficient (Wildman–Crippen LogP) is 3.57. The predicted molar refractivity (Wildman–Crippen MR) is 109 cm³/mol. The third-order valence-corrected chi connectivity index (χ3v) is 5.21. The molecule has 2 heterocycles. The summed E-state index contributed by atoms with van der Waals surface area (Å²) in [7, 11) is 0. The highest BCUT2D eigenvalue weighted by Crippen LogP contribution is 2.21. The first-order valence-electron chi connectivity index (χ1n) is 9.99. The van der Waals surface area contributed by atoms with Crippen molar-refractivity contribution in [1.29, 1.82) is 0 Å². The van der Waals surface area contributed by atoms with E-state index in [2.05, 4.69) is 17.3 Å². The van der Waals surface area contributed by atoms with Crippen molar-refractivity contribution in [2.24, 2.45) is 0 Å². The summed E-state index contributed by atoms with van der Waals surface area (Å²) in [4.78, 5) is 25.9. The number of halogens is 1. The average molecular weight is 395 g/mol. The van der Waals surface area contributed by atoms with Crippen molar-refractivity contribution in [1.82, 2.24) is 20.0 Å². The topological polar surface area (TPSA) is 67.2 Å². The highest BCUT2D eigenvalue weighted by atomic mass is 35.5. The van der Waals surface area contributed by atoms with E-state index >= 15 is 0 Å². The fourth-order valence-electron chi connectivity index (χ4n) is 3.19. The van der Waals surface area contributed by atoms with Crippen molar-refractivity contribution in [3.8, 4) is 0 Å². The fourth-order valence-corrected chi connectivity index (χ4v) is 3.51. The molecule has 0 unspecified atom stereocenters. The summed E-state index contributed by atoms with van der Waals surface area (Å²) in [5.41, 5.74) is 1.61. The van der Waals surface area contributed by atoms with Crippen molar-refractivity contribution in [2.45, 2.75) is 65.3 Å². The number of carbonyl (C=O) groups excluding carboxylic acids is 2. The molecule has 1 aromatic rings. The Morgan fingerprint density at radius 1 is 1.26 bits per heavy atom. The van der Waals surface area contributed by atoms with Crippen LogP contribution in [-0.2, 0) is 16.1 Å². The van der Waals surface area contributed by atoms with E-state index in [9.17, 15) is 9.59 Å². The Labute approximate surface area is 166 Å². The first-order chi connectivity index (χ1) is 13.0. The second kappa shape index (κ2) is 11.1. The maximum absolute atomic E-state index is 12.0. The molecule has 1 aromatic heterocycles. The van der Waals surface area contributed by atoms with Crippen molar-refractivity contribution in [3.63, 3.8) is 0 Å². The SMILES string of the molecule is CCCCn1nc(C)c(/C=C/C(=O)NCCCN2CCCCCC2=O)c1Cl. The number of amides is 2. The van der Waals surface area contributed by atoms with Crippen LogP contribution in [-0.4, -0.2) is 46.1 Å². The van der Waals surface area contributed by atoms with Gasteiger partial charge in [0.1, 0.15) is 5.15 Å². The van der Waals surface area contributed by atoms with Gasteiger partial charge in [0.05, 0.1) is 5.69 Å². The fraction of sp³-hybridized carbons (Fsp3) is 0.650. The summed E-state index contributed by atoms with van der Waals surface area (Å²) in [5.74, 6) is 0.0814. The summed E-state index contributed by atoms with van der Waals surface area (Å²) in [6.07, 6.45) is 9.93. The van der Waals surface area contributed by atoms with Crippen LogP contribution in [0, 0.1) is 6.92 Å². The van der Waals surface area contributed by atoms with Crippen LogP contribution < -0.4 is 5.32 Å². The van der Waals surface area contributed by atoms with Gasteiger partial charge in [-0.25, -0.2) is 0 Å². The number of aromatic nitrogens is 2. The van der Waals surface area contributed by atoms with E-state index in [4.69, 9.17) is 11.6 Å². The molecule has 1 saturated heterocycles. The lowest BCUT2D eigenvalue weighted by atomic mass is 10.2. The second-order valence-corrected chi connectivity index (χ2v) is 7.39. The molecule has 27 heavy (non-hydrogen) atoms. The molecule has 1 N–H and O–H groups in total. The molecule has 0 aliphatic carbocycles. The first-order valence-corrected chi connectivity index (χ1v) is 10.4. The highest BCUT2D eigenvalue weighted by Gasteiger charge is 2.15. The van der Waals surface area contributed by atoms with E-state index in [-0.39, 0.29) is 11.8 Å². The maximum Gasteiger partial charge on any atom is 0.244 e. The van der Waals surface area contributed by atoms with E-state index in [0.717, 1.165) is 62.9 Å². The van der Waals surface area contributed by atoms with Gasteiger partial charge in [0.25, 0.3) is 0 Å². The van der Waals surface area contributed by atoms with Crippen LogP contribution >= 0.6 is 11.6 Å². The molecule has 1 fully saturated rings. The smallest absolute Gasteiger partial charge is 0.244 e. The average Bonchev–Trinajstić information content (AvgIpc) is 2.79. The molecule has 0 radical (unpaired) electrons. The largest absolute Gasteiger partial charge is 0.352 e. The number of hydrogen-bond acceptors (Lipinski definition) is 3. The summed E-state index contributed by atoms with van der Waals surface area (Å²) >= 11 is 6.37.